The van der Waals surface area contributed by atoms with Crippen LogP contribution in [0.25, 0.3) is 0 Å². The molecule has 0 atom stereocenters. The molecule has 2 fully saturated rings. The smallest absolute Gasteiger partial charge is 0.399 e. The van der Waals surface area contributed by atoms with Crippen molar-refractivity contribution in [2.45, 2.75) is 58.2 Å². The Bertz CT molecular complexity index is 507. The third kappa shape index (κ3) is 2.52. The third-order valence-electron chi connectivity index (χ3n) is 4.82. The molecule has 20 heavy (non-hydrogen) atoms. The van der Waals surface area contributed by atoms with Gasteiger partial charge in [-0.2, -0.15) is 0 Å². The number of hydrogen-bond donors (Lipinski definition) is 0. The first-order valence-electron chi connectivity index (χ1n) is 7.43. The summed E-state index contributed by atoms with van der Waals surface area (Å²) in [6.07, 6.45) is 3.74. The Morgan fingerprint density at radius 2 is 1.75 bits per heavy atom. The van der Waals surface area contributed by atoms with Crippen LogP contribution in [0.1, 0.15) is 46.1 Å². The van der Waals surface area contributed by atoms with Gasteiger partial charge < -0.3 is 9.31 Å². The lowest BCUT2D eigenvalue weighted by molar-refractivity contribution is 0.00578. The normalized spacial score (nSPS) is 24.1. The van der Waals surface area contributed by atoms with Gasteiger partial charge in [0.15, 0.2) is 0 Å². The van der Waals surface area contributed by atoms with Gasteiger partial charge in [0.25, 0.3) is 0 Å². The van der Waals surface area contributed by atoms with Gasteiger partial charge in [-0.15, -0.1) is 0 Å². The highest BCUT2D eigenvalue weighted by Crippen LogP contribution is 2.38. The van der Waals surface area contributed by atoms with E-state index in [0.717, 1.165) is 22.8 Å². The third-order valence-corrected chi connectivity index (χ3v) is 5.28. The fourth-order valence-electron chi connectivity index (χ4n) is 2.54. The van der Waals surface area contributed by atoms with Gasteiger partial charge in [0.05, 0.1) is 11.2 Å². The van der Waals surface area contributed by atoms with E-state index in [1.54, 1.807) is 0 Å². The van der Waals surface area contributed by atoms with Gasteiger partial charge in [-0.1, -0.05) is 29.8 Å². The molecule has 2 nitrogen and oxygen atoms in total. The van der Waals surface area contributed by atoms with Crippen molar-refractivity contribution in [3.05, 3.63) is 28.8 Å². The molecule has 1 aromatic rings. The van der Waals surface area contributed by atoms with Crippen LogP contribution in [0.4, 0.5) is 0 Å². The van der Waals surface area contributed by atoms with Gasteiger partial charge in [-0.3, -0.25) is 0 Å². The summed E-state index contributed by atoms with van der Waals surface area (Å²) in [5, 5.41) is 0.818. The molecule has 0 spiro atoms. The van der Waals surface area contributed by atoms with Gasteiger partial charge in [-0.05, 0) is 58.4 Å². The van der Waals surface area contributed by atoms with Crippen LogP contribution in [0.15, 0.2) is 18.2 Å². The van der Waals surface area contributed by atoms with Crippen LogP contribution in [0, 0.1) is 5.92 Å². The van der Waals surface area contributed by atoms with Gasteiger partial charge in [0.1, 0.15) is 0 Å². The van der Waals surface area contributed by atoms with E-state index in [1.807, 2.05) is 6.07 Å². The first kappa shape index (κ1) is 14.4. The summed E-state index contributed by atoms with van der Waals surface area (Å²) < 4.78 is 12.2. The summed E-state index contributed by atoms with van der Waals surface area (Å²) >= 11 is 6.59. The first-order chi connectivity index (χ1) is 9.30. The van der Waals surface area contributed by atoms with Crippen molar-refractivity contribution in [1.29, 1.82) is 0 Å². The standard InChI is InChI=1S/C16H22BClO2/c1-15(2)16(3,4)20-17(19-15)13-7-5-6-12(14(13)18)10-11-8-9-11/h5-7,11H,8-10H2,1-4H3. The van der Waals surface area contributed by atoms with E-state index in [0.29, 0.717) is 0 Å². The van der Waals surface area contributed by atoms with Gasteiger partial charge in [0, 0.05) is 10.5 Å². The minimum Gasteiger partial charge on any atom is -0.399 e. The minimum atomic E-state index is -0.369. The minimum absolute atomic E-state index is 0.326. The van der Waals surface area contributed by atoms with Gasteiger partial charge in [0.2, 0.25) is 0 Å². The van der Waals surface area contributed by atoms with E-state index in [9.17, 15) is 0 Å². The van der Waals surface area contributed by atoms with Crippen LogP contribution in [-0.4, -0.2) is 18.3 Å². The van der Waals surface area contributed by atoms with Crippen LogP contribution < -0.4 is 5.46 Å². The monoisotopic (exact) mass is 292 g/mol. The summed E-state index contributed by atoms with van der Waals surface area (Å²) in [6.45, 7) is 8.26. The molecule has 0 bridgehead atoms. The number of hydrogen-bond acceptors (Lipinski definition) is 2. The maximum Gasteiger partial charge on any atom is 0.496 e. The average molecular weight is 293 g/mol. The van der Waals surface area contributed by atoms with Gasteiger partial charge in [-0.25, -0.2) is 0 Å². The fourth-order valence-corrected chi connectivity index (χ4v) is 2.83. The molecular formula is C16H22BClO2. The second-order valence-electron chi connectivity index (χ2n) is 7.06. The highest BCUT2D eigenvalue weighted by molar-refractivity contribution is 6.65. The SMILES string of the molecule is CC1(C)OB(c2cccc(CC3CC3)c2Cl)OC1(C)C. The molecule has 0 N–H and O–H groups in total. The number of rotatable bonds is 3. The van der Waals surface area contributed by atoms with Crippen molar-refractivity contribution in [1.82, 2.24) is 0 Å². The maximum absolute atomic E-state index is 6.59. The molecule has 1 aliphatic heterocycles. The second kappa shape index (κ2) is 4.76. The van der Waals surface area contributed by atoms with E-state index in [-0.39, 0.29) is 18.3 Å². The molecule has 3 rings (SSSR count). The molecule has 0 unspecified atom stereocenters. The second-order valence-corrected chi connectivity index (χ2v) is 7.43. The molecule has 1 aliphatic carbocycles. The van der Waals surface area contributed by atoms with Crippen LogP contribution in [0.3, 0.4) is 0 Å². The van der Waals surface area contributed by atoms with Crippen molar-refractivity contribution in [2.75, 3.05) is 0 Å². The lowest BCUT2D eigenvalue weighted by Crippen LogP contribution is -2.41. The molecule has 1 saturated heterocycles. The molecule has 4 heteroatoms. The summed E-state index contributed by atoms with van der Waals surface area (Å²) in [4.78, 5) is 0. The lowest BCUT2D eigenvalue weighted by Gasteiger charge is -2.32. The van der Waals surface area contributed by atoms with Crippen molar-refractivity contribution < 1.29 is 9.31 Å². The predicted octanol–water partition coefficient (Wildman–Crippen LogP) is 3.59. The van der Waals surface area contributed by atoms with Crippen molar-refractivity contribution in [3.63, 3.8) is 0 Å². The zero-order chi connectivity index (χ0) is 14.5. The zero-order valence-electron chi connectivity index (χ0n) is 12.7. The first-order valence-corrected chi connectivity index (χ1v) is 7.81. The largest absolute Gasteiger partial charge is 0.496 e. The van der Waals surface area contributed by atoms with Crippen LogP contribution in [0.5, 0.6) is 0 Å². The highest BCUT2D eigenvalue weighted by Gasteiger charge is 2.52. The van der Waals surface area contributed by atoms with E-state index in [4.69, 9.17) is 20.9 Å². The Hall–Kier alpha value is -0.505. The Morgan fingerprint density at radius 3 is 2.30 bits per heavy atom. The molecule has 108 valence electrons. The number of benzene rings is 1. The molecule has 0 radical (unpaired) electrons. The van der Waals surface area contributed by atoms with Crippen molar-refractivity contribution in [3.8, 4) is 0 Å². The van der Waals surface area contributed by atoms with Crippen LogP contribution in [-0.2, 0) is 15.7 Å². The van der Waals surface area contributed by atoms with Crippen molar-refractivity contribution in [2.24, 2.45) is 5.92 Å². The average Bonchev–Trinajstić information content (AvgIpc) is 3.10. The topological polar surface area (TPSA) is 18.5 Å². The molecular weight excluding hydrogens is 270 g/mol. The van der Waals surface area contributed by atoms with E-state index in [2.05, 4.69) is 39.8 Å². The molecule has 1 heterocycles. The molecule has 0 aromatic heterocycles. The van der Waals surface area contributed by atoms with E-state index < -0.39 is 0 Å². The Morgan fingerprint density at radius 1 is 1.15 bits per heavy atom. The number of halogens is 1. The summed E-state index contributed by atoms with van der Waals surface area (Å²) in [5.41, 5.74) is 1.53. The van der Waals surface area contributed by atoms with Crippen LogP contribution >= 0.6 is 11.6 Å². The predicted molar refractivity (Wildman–Crippen MR) is 83.6 cm³/mol. The van der Waals surface area contributed by atoms with E-state index in [1.165, 1.54) is 18.4 Å². The Kier molecular flexibility index (Phi) is 3.43. The quantitative estimate of drug-likeness (QED) is 0.793. The molecule has 0 amide bonds. The van der Waals surface area contributed by atoms with Gasteiger partial charge >= 0.3 is 7.12 Å². The molecule has 1 aromatic carbocycles. The highest BCUT2D eigenvalue weighted by atomic mass is 35.5. The maximum atomic E-state index is 6.59. The lowest BCUT2D eigenvalue weighted by atomic mass is 9.78. The Balaban J connectivity index is 1.87. The fraction of sp³-hybridized carbons (Fsp3) is 0.625. The zero-order valence-corrected chi connectivity index (χ0v) is 13.5. The summed E-state index contributed by atoms with van der Waals surface area (Å²) in [6, 6.07) is 6.19. The van der Waals surface area contributed by atoms with Crippen molar-refractivity contribution >= 4 is 24.2 Å². The molecule has 1 saturated carbocycles. The summed E-state index contributed by atoms with van der Waals surface area (Å²) in [7, 11) is -0.369. The summed E-state index contributed by atoms with van der Waals surface area (Å²) in [5.74, 6) is 0.820. The Labute approximate surface area is 126 Å². The molecule has 2 aliphatic rings. The van der Waals surface area contributed by atoms with Crippen LogP contribution in [0.2, 0.25) is 5.02 Å². The van der Waals surface area contributed by atoms with E-state index >= 15 is 0 Å².